The molecule has 4 aromatic rings. The van der Waals surface area contributed by atoms with Crippen molar-refractivity contribution in [3.63, 3.8) is 0 Å². The predicted octanol–water partition coefficient (Wildman–Crippen LogP) is 5.13. The van der Waals surface area contributed by atoms with Crippen molar-refractivity contribution in [3.05, 3.63) is 83.4 Å². The Hall–Kier alpha value is -3.41. The van der Waals surface area contributed by atoms with Crippen LogP contribution in [0, 0.1) is 5.41 Å². The van der Waals surface area contributed by atoms with Crippen LogP contribution in [0.5, 0.6) is 5.75 Å². The molecule has 0 saturated heterocycles. The number of aromatic nitrogens is 2. The molecule has 1 aliphatic rings. The number of nitrogens with zero attached hydrogens (tertiary/aromatic N) is 1. The number of rotatable bonds is 7. The van der Waals surface area contributed by atoms with E-state index in [-0.39, 0.29) is 17.8 Å². The van der Waals surface area contributed by atoms with Gasteiger partial charge in [-0.1, -0.05) is 68.4 Å². The molecule has 0 atom stereocenters. The fourth-order valence-corrected chi connectivity index (χ4v) is 4.41. The lowest BCUT2D eigenvalue weighted by atomic mass is 9.95. The van der Waals surface area contributed by atoms with Crippen LogP contribution in [-0.2, 0) is 13.0 Å². The zero-order chi connectivity index (χ0) is 23.0. The van der Waals surface area contributed by atoms with Gasteiger partial charge in [-0.05, 0) is 34.4 Å². The number of benzene rings is 3. The number of aliphatic hydroxyl groups is 1. The first kappa shape index (κ1) is 21.4. The zero-order valence-electron chi connectivity index (χ0n) is 19.0. The van der Waals surface area contributed by atoms with Gasteiger partial charge >= 0.3 is 0 Å². The molecule has 33 heavy (non-hydrogen) atoms. The third kappa shape index (κ3) is 4.30. The van der Waals surface area contributed by atoms with Crippen LogP contribution >= 0.6 is 0 Å². The van der Waals surface area contributed by atoms with Crippen LogP contribution in [0.15, 0.2) is 66.7 Å². The molecule has 0 aliphatic heterocycles. The number of aromatic amines is 1. The van der Waals surface area contributed by atoms with Gasteiger partial charge in [0.15, 0.2) is 0 Å². The first-order chi connectivity index (χ1) is 15.9. The highest BCUT2D eigenvalue weighted by atomic mass is 16.3. The van der Waals surface area contributed by atoms with Gasteiger partial charge in [-0.25, -0.2) is 0 Å². The van der Waals surface area contributed by atoms with Gasteiger partial charge in [0.25, 0.3) is 0 Å². The van der Waals surface area contributed by atoms with Crippen LogP contribution in [0.3, 0.4) is 0 Å². The number of H-pyrrole nitrogens is 1. The number of hydrogen-bond acceptors (Lipinski definition) is 4. The molecule has 1 aliphatic carbocycles. The Morgan fingerprint density at radius 2 is 1.61 bits per heavy atom. The van der Waals surface area contributed by atoms with E-state index in [4.69, 9.17) is 0 Å². The summed E-state index contributed by atoms with van der Waals surface area (Å²) in [5.41, 5.74) is 10.3. The average molecular weight is 440 g/mol. The van der Waals surface area contributed by atoms with Gasteiger partial charge in [0.05, 0.1) is 11.4 Å². The second kappa shape index (κ2) is 8.50. The lowest BCUT2D eigenvalue weighted by molar-refractivity contribution is 0.156. The number of nitrogens with one attached hydrogen (secondary N) is 2. The van der Waals surface area contributed by atoms with Crippen molar-refractivity contribution in [1.29, 1.82) is 0 Å². The van der Waals surface area contributed by atoms with Crippen molar-refractivity contribution >= 4 is 0 Å². The summed E-state index contributed by atoms with van der Waals surface area (Å²) in [6.07, 6.45) is 0.867. The van der Waals surface area contributed by atoms with Crippen LogP contribution in [-0.4, -0.2) is 33.6 Å². The van der Waals surface area contributed by atoms with Crippen molar-refractivity contribution in [2.45, 2.75) is 26.8 Å². The summed E-state index contributed by atoms with van der Waals surface area (Å²) in [5.74, 6) is 0.273. The first-order valence-electron chi connectivity index (χ1n) is 11.3. The van der Waals surface area contributed by atoms with Crippen LogP contribution in [0.25, 0.3) is 33.6 Å². The van der Waals surface area contributed by atoms with Crippen LogP contribution < -0.4 is 5.32 Å². The monoisotopic (exact) mass is 439 g/mol. The minimum atomic E-state index is -0.118. The summed E-state index contributed by atoms with van der Waals surface area (Å²) < 4.78 is 0. The smallest absolute Gasteiger partial charge is 0.115 e. The Bertz CT molecular complexity index is 1270. The molecule has 1 aromatic heterocycles. The maximum atomic E-state index is 9.51. The van der Waals surface area contributed by atoms with E-state index in [9.17, 15) is 10.2 Å². The Kier molecular flexibility index (Phi) is 5.52. The normalized spacial score (nSPS) is 12.6. The maximum absolute atomic E-state index is 9.51. The van der Waals surface area contributed by atoms with Crippen molar-refractivity contribution in [2.24, 2.45) is 5.41 Å². The van der Waals surface area contributed by atoms with Crippen LogP contribution in [0.4, 0.5) is 0 Å². The Morgan fingerprint density at radius 1 is 0.939 bits per heavy atom. The van der Waals surface area contributed by atoms with Gasteiger partial charge < -0.3 is 15.5 Å². The second-order valence-corrected chi connectivity index (χ2v) is 9.64. The van der Waals surface area contributed by atoms with Crippen molar-refractivity contribution < 1.29 is 10.2 Å². The number of aliphatic hydroxyl groups excluding tert-OH is 1. The van der Waals surface area contributed by atoms with Crippen molar-refractivity contribution in [2.75, 3.05) is 13.2 Å². The summed E-state index contributed by atoms with van der Waals surface area (Å²) in [6.45, 7) is 5.84. The predicted molar refractivity (Wildman–Crippen MR) is 132 cm³/mol. The molecule has 0 radical (unpaired) electrons. The van der Waals surface area contributed by atoms with E-state index in [1.54, 1.807) is 12.1 Å². The fraction of sp³-hybridized carbons (Fsp3) is 0.250. The minimum Gasteiger partial charge on any atom is -0.508 e. The van der Waals surface area contributed by atoms with Gasteiger partial charge in [-0.15, -0.1) is 0 Å². The van der Waals surface area contributed by atoms with Gasteiger partial charge in [-0.2, -0.15) is 5.10 Å². The molecule has 0 unspecified atom stereocenters. The molecule has 0 saturated carbocycles. The molecular weight excluding hydrogens is 410 g/mol. The molecule has 0 bridgehead atoms. The molecule has 5 rings (SSSR count). The molecule has 0 amide bonds. The lowest BCUT2D eigenvalue weighted by Gasteiger charge is -2.22. The molecular formula is C28H29N3O2. The van der Waals surface area contributed by atoms with Gasteiger partial charge in [0, 0.05) is 48.2 Å². The summed E-state index contributed by atoms with van der Waals surface area (Å²) in [4.78, 5) is 0. The molecule has 5 heteroatoms. The molecule has 3 aromatic carbocycles. The van der Waals surface area contributed by atoms with E-state index < -0.39 is 0 Å². The van der Waals surface area contributed by atoms with E-state index in [0.717, 1.165) is 47.6 Å². The Morgan fingerprint density at radius 3 is 2.30 bits per heavy atom. The molecule has 168 valence electrons. The summed E-state index contributed by atoms with van der Waals surface area (Å²) in [5, 5.41) is 30.3. The lowest BCUT2D eigenvalue weighted by Crippen LogP contribution is -2.31. The van der Waals surface area contributed by atoms with E-state index in [1.165, 1.54) is 22.3 Å². The molecule has 0 spiro atoms. The summed E-state index contributed by atoms with van der Waals surface area (Å²) in [6, 6.07) is 22.3. The Labute approximate surface area is 194 Å². The second-order valence-electron chi connectivity index (χ2n) is 9.64. The maximum Gasteiger partial charge on any atom is 0.115 e. The number of phenols is 1. The largest absolute Gasteiger partial charge is 0.508 e. The number of phenolic OH excluding ortho intramolecular Hbond substituents is 1. The molecule has 1 heterocycles. The van der Waals surface area contributed by atoms with E-state index in [2.05, 4.69) is 71.8 Å². The van der Waals surface area contributed by atoms with Gasteiger partial charge in [-0.3, -0.25) is 5.10 Å². The quantitative estimate of drug-likeness (QED) is 0.283. The van der Waals surface area contributed by atoms with E-state index >= 15 is 0 Å². The third-order valence-electron chi connectivity index (χ3n) is 6.39. The SMILES string of the molecule is CC(C)(CO)CNCc1ccc2c(c1)Cc1c(-c3ccc(-c4ccc(O)cc4)cc3)n[nH]c1-2. The summed E-state index contributed by atoms with van der Waals surface area (Å²) >= 11 is 0. The fourth-order valence-electron chi connectivity index (χ4n) is 4.41. The summed E-state index contributed by atoms with van der Waals surface area (Å²) in [7, 11) is 0. The highest BCUT2D eigenvalue weighted by Crippen LogP contribution is 2.40. The zero-order valence-corrected chi connectivity index (χ0v) is 19.0. The highest BCUT2D eigenvalue weighted by Gasteiger charge is 2.25. The highest BCUT2D eigenvalue weighted by molar-refractivity contribution is 5.82. The van der Waals surface area contributed by atoms with Crippen LogP contribution in [0.1, 0.15) is 30.5 Å². The number of hydrogen-bond donors (Lipinski definition) is 4. The van der Waals surface area contributed by atoms with Gasteiger partial charge in [0.2, 0.25) is 0 Å². The molecule has 5 nitrogen and oxygen atoms in total. The first-order valence-corrected chi connectivity index (χ1v) is 11.3. The topological polar surface area (TPSA) is 81.2 Å². The van der Waals surface area contributed by atoms with E-state index in [1.807, 2.05) is 12.1 Å². The van der Waals surface area contributed by atoms with Crippen LogP contribution in [0.2, 0.25) is 0 Å². The average Bonchev–Trinajstić information content (AvgIpc) is 3.38. The standard InChI is InChI=1S/C28H29N3O2/c1-28(2,17-32)16-29-15-18-3-12-24-22(13-18)14-25-26(30-31-27(24)25)21-6-4-19(5-7-21)20-8-10-23(33)11-9-20/h3-13,29,32-33H,14-17H2,1-2H3,(H,30,31). The number of aromatic hydroxyl groups is 1. The molecule has 0 fully saturated rings. The third-order valence-corrected chi connectivity index (χ3v) is 6.39. The van der Waals surface area contributed by atoms with Crippen molar-refractivity contribution in [1.82, 2.24) is 15.5 Å². The van der Waals surface area contributed by atoms with Crippen molar-refractivity contribution in [3.8, 4) is 39.4 Å². The Balaban J connectivity index is 1.33. The van der Waals surface area contributed by atoms with E-state index in [0.29, 0.717) is 0 Å². The minimum absolute atomic E-state index is 0.118. The van der Waals surface area contributed by atoms with Gasteiger partial charge in [0.1, 0.15) is 5.75 Å². The number of fused-ring (bicyclic) bond motifs is 3. The molecule has 4 N–H and O–H groups in total.